The van der Waals surface area contributed by atoms with Crippen molar-refractivity contribution in [2.45, 2.75) is 51.6 Å². The lowest BCUT2D eigenvalue weighted by Gasteiger charge is -2.30. The summed E-state index contributed by atoms with van der Waals surface area (Å²) in [4.78, 5) is 20.1. The van der Waals surface area contributed by atoms with Crippen LogP contribution in [0.3, 0.4) is 0 Å². The van der Waals surface area contributed by atoms with E-state index in [1.165, 1.54) is 0 Å². The second-order valence-electron chi connectivity index (χ2n) is 5.32. The maximum atomic E-state index is 11.7. The third-order valence-electron chi connectivity index (χ3n) is 3.86. The fraction of sp³-hybridized carbons (Fsp3) is 0.667. The average molecular weight is 277 g/mol. The first-order chi connectivity index (χ1) is 9.70. The fourth-order valence-electron chi connectivity index (χ4n) is 2.73. The van der Waals surface area contributed by atoms with Gasteiger partial charge in [-0.15, -0.1) is 0 Å². The summed E-state index contributed by atoms with van der Waals surface area (Å²) in [7, 11) is 0. The van der Waals surface area contributed by atoms with Gasteiger partial charge in [-0.25, -0.2) is 0 Å². The number of carbonyl (C=O) groups is 1. The van der Waals surface area contributed by atoms with Gasteiger partial charge in [0.25, 0.3) is 0 Å². The van der Waals surface area contributed by atoms with Gasteiger partial charge in [-0.3, -0.25) is 14.8 Å². The van der Waals surface area contributed by atoms with Gasteiger partial charge in [-0.05, 0) is 39.5 Å². The first-order valence-electron chi connectivity index (χ1n) is 7.39. The number of ether oxygens (including phenoxy) is 1. The third-order valence-corrected chi connectivity index (χ3v) is 3.86. The Hall–Kier alpha value is -1.49. The van der Waals surface area contributed by atoms with Crippen molar-refractivity contribution < 1.29 is 9.53 Å². The highest BCUT2D eigenvalue weighted by Crippen LogP contribution is 2.26. The number of carbonyl (C=O) groups excluding carboxylic acids is 1. The van der Waals surface area contributed by atoms with Crippen LogP contribution in [-0.4, -0.2) is 28.6 Å². The van der Waals surface area contributed by atoms with E-state index in [2.05, 4.69) is 22.2 Å². The molecule has 2 rings (SSSR count). The van der Waals surface area contributed by atoms with Crippen molar-refractivity contribution in [1.82, 2.24) is 15.3 Å². The molecule has 0 saturated heterocycles. The largest absolute Gasteiger partial charge is 0.466 e. The molecule has 5 heteroatoms. The van der Waals surface area contributed by atoms with Crippen molar-refractivity contribution in [3.05, 3.63) is 24.3 Å². The SMILES string of the molecule is CCOC(=O)C1CCC(NC(C)c2cnccn2)CC1. The molecule has 0 aromatic carbocycles. The van der Waals surface area contributed by atoms with E-state index in [1.807, 2.05) is 6.92 Å². The quantitative estimate of drug-likeness (QED) is 0.836. The molecule has 0 aliphatic heterocycles. The average Bonchev–Trinajstić information content (AvgIpc) is 2.49. The Morgan fingerprint density at radius 1 is 1.40 bits per heavy atom. The first-order valence-corrected chi connectivity index (χ1v) is 7.39. The molecule has 0 bridgehead atoms. The molecule has 110 valence electrons. The van der Waals surface area contributed by atoms with Gasteiger partial charge in [0, 0.05) is 30.7 Å². The van der Waals surface area contributed by atoms with Crippen LogP contribution < -0.4 is 5.32 Å². The van der Waals surface area contributed by atoms with Crippen LogP contribution in [0.15, 0.2) is 18.6 Å². The van der Waals surface area contributed by atoms with Gasteiger partial charge in [-0.1, -0.05) is 0 Å². The molecule has 0 radical (unpaired) electrons. The Morgan fingerprint density at radius 2 is 2.15 bits per heavy atom. The highest BCUT2D eigenvalue weighted by atomic mass is 16.5. The summed E-state index contributed by atoms with van der Waals surface area (Å²) in [6.45, 7) is 4.43. The van der Waals surface area contributed by atoms with Crippen molar-refractivity contribution in [3.63, 3.8) is 0 Å². The Bertz CT molecular complexity index is 416. The predicted molar refractivity (Wildman–Crippen MR) is 76.0 cm³/mol. The smallest absolute Gasteiger partial charge is 0.308 e. The summed E-state index contributed by atoms with van der Waals surface area (Å²) >= 11 is 0. The molecule has 1 N–H and O–H groups in total. The maximum absolute atomic E-state index is 11.7. The Balaban J connectivity index is 1.78. The van der Waals surface area contributed by atoms with Crippen molar-refractivity contribution in [3.8, 4) is 0 Å². The van der Waals surface area contributed by atoms with E-state index in [9.17, 15) is 4.79 Å². The van der Waals surface area contributed by atoms with Gasteiger partial charge in [0.05, 0.1) is 18.2 Å². The zero-order valence-corrected chi connectivity index (χ0v) is 12.2. The Morgan fingerprint density at radius 3 is 2.75 bits per heavy atom. The van der Waals surface area contributed by atoms with E-state index >= 15 is 0 Å². The molecule has 1 aliphatic rings. The molecule has 0 amide bonds. The molecule has 1 unspecified atom stereocenters. The minimum absolute atomic E-state index is 0.0343. The molecule has 0 spiro atoms. The molecule has 1 fully saturated rings. The summed E-state index contributed by atoms with van der Waals surface area (Å²) in [6.07, 6.45) is 9.02. The molecule has 20 heavy (non-hydrogen) atoms. The number of nitrogens with zero attached hydrogens (tertiary/aromatic N) is 2. The molecule has 1 aliphatic carbocycles. The van der Waals surface area contributed by atoms with Crippen LogP contribution in [0.1, 0.15) is 51.3 Å². The van der Waals surface area contributed by atoms with Crippen LogP contribution >= 0.6 is 0 Å². The molecule has 5 nitrogen and oxygen atoms in total. The first kappa shape index (κ1) is 14.9. The van der Waals surface area contributed by atoms with Crippen LogP contribution in [0.2, 0.25) is 0 Å². The number of esters is 1. The number of rotatable bonds is 5. The third kappa shape index (κ3) is 4.00. The lowest BCUT2D eigenvalue weighted by Crippen LogP contribution is -2.37. The zero-order chi connectivity index (χ0) is 14.4. The molecular weight excluding hydrogens is 254 g/mol. The summed E-state index contributed by atoms with van der Waals surface area (Å²) in [5, 5.41) is 3.57. The van der Waals surface area contributed by atoms with Gasteiger partial charge in [-0.2, -0.15) is 0 Å². The van der Waals surface area contributed by atoms with Crippen LogP contribution in [0.25, 0.3) is 0 Å². The standard InChI is InChI=1S/C15H23N3O2/c1-3-20-15(19)12-4-6-13(7-5-12)18-11(2)14-10-16-8-9-17-14/h8-13,18H,3-7H2,1-2H3. The van der Waals surface area contributed by atoms with Crippen molar-refractivity contribution in [2.75, 3.05) is 6.61 Å². The lowest BCUT2D eigenvalue weighted by molar-refractivity contribution is -0.149. The van der Waals surface area contributed by atoms with E-state index in [1.54, 1.807) is 18.6 Å². The van der Waals surface area contributed by atoms with Gasteiger partial charge in [0.1, 0.15) is 0 Å². The molecule has 1 heterocycles. The van der Waals surface area contributed by atoms with Crippen molar-refractivity contribution in [2.24, 2.45) is 5.92 Å². The minimum Gasteiger partial charge on any atom is -0.466 e. The summed E-state index contributed by atoms with van der Waals surface area (Å²) in [5.74, 6) is 0.0488. The van der Waals surface area contributed by atoms with E-state index < -0.39 is 0 Å². The van der Waals surface area contributed by atoms with Gasteiger partial charge in [0.15, 0.2) is 0 Å². The fourth-order valence-corrected chi connectivity index (χ4v) is 2.73. The number of aromatic nitrogens is 2. The van der Waals surface area contributed by atoms with E-state index in [0.717, 1.165) is 31.4 Å². The van der Waals surface area contributed by atoms with Crippen LogP contribution in [0.5, 0.6) is 0 Å². The minimum atomic E-state index is -0.0343. The van der Waals surface area contributed by atoms with Crippen LogP contribution in [0.4, 0.5) is 0 Å². The second kappa shape index (κ2) is 7.33. The van der Waals surface area contributed by atoms with E-state index in [-0.39, 0.29) is 17.9 Å². The van der Waals surface area contributed by atoms with Gasteiger partial charge < -0.3 is 10.1 Å². The van der Waals surface area contributed by atoms with Crippen LogP contribution in [0, 0.1) is 5.92 Å². The zero-order valence-electron chi connectivity index (χ0n) is 12.2. The predicted octanol–water partition coefficient (Wildman–Crippen LogP) is 2.25. The van der Waals surface area contributed by atoms with E-state index in [0.29, 0.717) is 12.6 Å². The summed E-state index contributed by atoms with van der Waals surface area (Å²) in [6, 6.07) is 0.630. The maximum Gasteiger partial charge on any atom is 0.308 e. The monoisotopic (exact) mass is 277 g/mol. The van der Waals surface area contributed by atoms with Gasteiger partial charge >= 0.3 is 5.97 Å². The normalized spacial score (nSPS) is 24.1. The van der Waals surface area contributed by atoms with Crippen molar-refractivity contribution >= 4 is 5.97 Å². The highest BCUT2D eigenvalue weighted by Gasteiger charge is 2.27. The highest BCUT2D eigenvalue weighted by molar-refractivity contribution is 5.72. The number of nitrogens with one attached hydrogen (secondary N) is 1. The molecule has 1 saturated carbocycles. The summed E-state index contributed by atoms with van der Waals surface area (Å²) < 4.78 is 5.09. The molecule has 1 aromatic rings. The number of hydrogen-bond donors (Lipinski definition) is 1. The summed E-state index contributed by atoms with van der Waals surface area (Å²) in [5.41, 5.74) is 0.958. The second-order valence-corrected chi connectivity index (χ2v) is 5.32. The molecule has 1 atom stereocenters. The van der Waals surface area contributed by atoms with Crippen LogP contribution in [-0.2, 0) is 9.53 Å². The Kier molecular flexibility index (Phi) is 5.47. The van der Waals surface area contributed by atoms with Crippen molar-refractivity contribution in [1.29, 1.82) is 0 Å². The van der Waals surface area contributed by atoms with E-state index in [4.69, 9.17) is 4.74 Å². The molecule has 1 aromatic heterocycles. The molecular formula is C15H23N3O2. The van der Waals surface area contributed by atoms with Gasteiger partial charge in [0.2, 0.25) is 0 Å². The topological polar surface area (TPSA) is 64.1 Å². The Labute approximate surface area is 120 Å². The lowest BCUT2D eigenvalue weighted by atomic mass is 9.85. The number of hydrogen-bond acceptors (Lipinski definition) is 5.